The van der Waals surface area contributed by atoms with Crippen LogP contribution in [0.2, 0.25) is 0 Å². The maximum atomic E-state index is 14.5. The minimum Gasteiger partial charge on any atom is -0.491 e. The molecule has 0 saturated carbocycles. The number of hydrogen-bond donors (Lipinski definition) is 1. The first-order valence-electron chi connectivity index (χ1n) is 8.83. The number of aryl methyl sites for hydroxylation is 2. The van der Waals surface area contributed by atoms with Crippen molar-refractivity contribution in [2.75, 3.05) is 6.61 Å². The zero-order chi connectivity index (χ0) is 18.9. The highest BCUT2D eigenvalue weighted by Gasteiger charge is 2.14. The maximum Gasteiger partial charge on any atom is 0.269 e. The van der Waals surface area contributed by atoms with Gasteiger partial charge in [-0.25, -0.2) is 4.39 Å². The molecule has 2 rings (SSSR count). The average Bonchev–Trinajstić information content (AvgIpc) is 2.96. The van der Waals surface area contributed by atoms with Gasteiger partial charge in [0.1, 0.15) is 5.69 Å². The lowest BCUT2D eigenvalue weighted by Gasteiger charge is -2.11. The first-order valence-corrected chi connectivity index (χ1v) is 8.83. The summed E-state index contributed by atoms with van der Waals surface area (Å²) in [6.07, 6.45) is 5.83. The molecule has 0 atom stereocenters. The largest absolute Gasteiger partial charge is 0.491 e. The van der Waals surface area contributed by atoms with E-state index in [0.717, 1.165) is 31.4 Å². The molecule has 1 N–H and O–H groups in total. The third-order valence-corrected chi connectivity index (χ3v) is 4.03. The molecule has 1 amide bonds. The van der Waals surface area contributed by atoms with Crippen LogP contribution in [0.15, 0.2) is 36.9 Å². The minimum absolute atomic E-state index is 0.0887. The van der Waals surface area contributed by atoms with E-state index in [4.69, 9.17) is 4.74 Å². The fourth-order valence-corrected chi connectivity index (χ4v) is 2.64. The van der Waals surface area contributed by atoms with Crippen LogP contribution in [-0.4, -0.2) is 22.3 Å². The Balaban J connectivity index is 1.88. The van der Waals surface area contributed by atoms with Gasteiger partial charge in [0, 0.05) is 19.2 Å². The fraction of sp³-hybridized carbons (Fsp3) is 0.400. The van der Waals surface area contributed by atoms with Crippen molar-refractivity contribution in [3.8, 4) is 5.75 Å². The molecule has 2 aromatic rings. The summed E-state index contributed by atoms with van der Waals surface area (Å²) >= 11 is 0. The second-order valence-electron chi connectivity index (χ2n) is 6.19. The van der Waals surface area contributed by atoms with Gasteiger partial charge in [0.25, 0.3) is 5.91 Å². The molecule has 0 aliphatic rings. The molecule has 6 heteroatoms. The number of halogens is 1. The van der Waals surface area contributed by atoms with Crippen molar-refractivity contribution in [2.45, 2.75) is 39.2 Å². The monoisotopic (exact) mass is 359 g/mol. The van der Waals surface area contributed by atoms with Crippen molar-refractivity contribution in [2.24, 2.45) is 7.05 Å². The minimum atomic E-state index is -0.430. The van der Waals surface area contributed by atoms with E-state index in [1.54, 1.807) is 31.3 Å². The smallest absolute Gasteiger partial charge is 0.269 e. The Morgan fingerprint density at radius 1 is 1.38 bits per heavy atom. The number of ether oxygens (including phenoxy) is 1. The van der Waals surface area contributed by atoms with E-state index in [-0.39, 0.29) is 18.2 Å². The maximum absolute atomic E-state index is 14.5. The molecule has 0 unspecified atom stereocenters. The number of aromatic nitrogens is 2. The number of allylic oxidation sites excluding steroid dienone is 1. The lowest BCUT2D eigenvalue weighted by atomic mass is 10.2. The summed E-state index contributed by atoms with van der Waals surface area (Å²) in [4.78, 5) is 12.2. The summed E-state index contributed by atoms with van der Waals surface area (Å²) in [5, 5.41) is 6.86. The molecule has 1 heterocycles. The van der Waals surface area contributed by atoms with Gasteiger partial charge in [0.2, 0.25) is 0 Å². The zero-order valence-electron chi connectivity index (χ0n) is 15.4. The van der Waals surface area contributed by atoms with Crippen LogP contribution in [-0.2, 0) is 13.6 Å². The average molecular weight is 359 g/mol. The highest BCUT2D eigenvalue weighted by Crippen LogP contribution is 2.21. The summed E-state index contributed by atoms with van der Waals surface area (Å²) in [5.74, 6) is -0.502. The van der Waals surface area contributed by atoms with E-state index in [1.807, 2.05) is 13.0 Å². The third kappa shape index (κ3) is 5.44. The van der Waals surface area contributed by atoms with Crippen molar-refractivity contribution in [1.29, 1.82) is 0 Å². The van der Waals surface area contributed by atoms with Gasteiger partial charge in [-0.05, 0) is 44.7 Å². The van der Waals surface area contributed by atoms with Crippen molar-refractivity contribution < 1.29 is 13.9 Å². The molecular formula is C20H26FN3O2. The van der Waals surface area contributed by atoms with E-state index in [1.165, 1.54) is 4.68 Å². The standard InChI is InChI=1S/C20H26FN3O2/c1-4-5-6-7-8-12-26-18-11-9-10-16(19(18)21)14-22-20(25)17-13-15(2)23-24(17)3/h4,9-11,13H,1,5-8,12,14H2,2-3H3,(H,22,25). The summed E-state index contributed by atoms with van der Waals surface area (Å²) in [5.41, 5.74) is 1.59. The summed E-state index contributed by atoms with van der Waals surface area (Å²) in [6, 6.07) is 6.67. The molecule has 0 spiro atoms. The van der Waals surface area contributed by atoms with Crippen LogP contribution >= 0.6 is 0 Å². The van der Waals surface area contributed by atoms with E-state index in [2.05, 4.69) is 17.0 Å². The Morgan fingerprint density at radius 3 is 2.88 bits per heavy atom. The first kappa shape index (κ1) is 19.7. The molecule has 0 bridgehead atoms. The summed E-state index contributed by atoms with van der Waals surface area (Å²) in [7, 11) is 1.70. The van der Waals surface area contributed by atoms with Gasteiger partial charge >= 0.3 is 0 Å². The number of unbranched alkanes of at least 4 members (excludes halogenated alkanes) is 3. The van der Waals surface area contributed by atoms with Gasteiger partial charge in [0.15, 0.2) is 11.6 Å². The highest BCUT2D eigenvalue weighted by molar-refractivity contribution is 5.92. The van der Waals surface area contributed by atoms with Gasteiger partial charge in [-0.1, -0.05) is 18.2 Å². The van der Waals surface area contributed by atoms with Gasteiger partial charge < -0.3 is 10.1 Å². The molecule has 0 aliphatic carbocycles. The molecule has 1 aromatic carbocycles. The van der Waals surface area contributed by atoms with Crippen LogP contribution in [0, 0.1) is 12.7 Å². The molecular weight excluding hydrogens is 333 g/mol. The number of hydrogen-bond acceptors (Lipinski definition) is 3. The molecule has 0 fully saturated rings. The Bertz CT molecular complexity index is 756. The predicted molar refractivity (Wildman–Crippen MR) is 99.7 cm³/mol. The highest BCUT2D eigenvalue weighted by atomic mass is 19.1. The predicted octanol–water partition coefficient (Wildman–Crippen LogP) is 3.92. The number of rotatable bonds is 10. The third-order valence-electron chi connectivity index (χ3n) is 4.03. The molecule has 0 saturated heterocycles. The number of nitrogens with zero attached hydrogens (tertiary/aromatic N) is 2. The topological polar surface area (TPSA) is 56.1 Å². The van der Waals surface area contributed by atoms with Crippen molar-refractivity contribution >= 4 is 5.91 Å². The SMILES string of the molecule is C=CCCCCCOc1cccc(CNC(=O)c2cc(C)nn2C)c1F. The lowest BCUT2D eigenvalue weighted by molar-refractivity contribution is 0.0941. The van der Waals surface area contributed by atoms with Crippen LogP contribution in [0.5, 0.6) is 5.75 Å². The van der Waals surface area contributed by atoms with Crippen LogP contribution in [0.25, 0.3) is 0 Å². The number of amides is 1. The molecule has 5 nitrogen and oxygen atoms in total. The van der Waals surface area contributed by atoms with Crippen molar-refractivity contribution in [3.05, 3.63) is 59.7 Å². The number of nitrogens with one attached hydrogen (secondary N) is 1. The summed E-state index contributed by atoms with van der Waals surface area (Å²) in [6.45, 7) is 6.06. The Kier molecular flexibility index (Phi) is 7.38. The van der Waals surface area contributed by atoms with E-state index < -0.39 is 5.82 Å². The van der Waals surface area contributed by atoms with Crippen LogP contribution in [0.4, 0.5) is 4.39 Å². The lowest BCUT2D eigenvalue weighted by Crippen LogP contribution is -2.25. The van der Waals surface area contributed by atoms with Gasteiger partial charge in [-0.3, -0.25) is 9.48 Å². The first-order chi connectivity index (χ1) is 12.5. The Labute approximate surface area is 153 Å². The fourth-order valence-electron chi connectivity index (χ4n) is 2.64. The summed E-state index contributed by atoms with van der Waals surface area (Å²) < 4.78 is 21.6. The number of carbonyl (C=O) groups excluding carboxylic acids is 1. The van der Waals surface area contributed by atoms with Crippen LogP contribution in [0.1, 0.15) is 47.4 Å². The molecule has 140 valence electrons. The zero-order valence-corrected chi connectivity index (χ0v) is 15.4. The second-order valence-corrected chi connectivity index (χ2v) is 6.19. The normalized spacial score (nSPS) is 10.6. The van der Waals surface area contributed by atoms with Crippen LogP contribution < -0.4 is 10.1 Å². The van der Waals surface area contributed by atoms with E-state index >= 15 is 0 Å². The Hall–Kier alpha value is -2.63. The second kappa shape index (κ2) is 9.75. The van der Waals surface area contributed by atoms with Crippen LogP contribution in [0.3, 0.4) is 0 Å². The van der Waals surface area contributed by atoms with E-state index in [9.17, 15) is 9.18 Å². The van der Waals surface area contributed by atoms with Crippen molar-refractivity contribution in [3.63, 3.8) is 0 Å². The molecule has 1 aromatic heterocycles. The quantitative estimate of drug-likeness (QED) is 0.517. The molecule has 0 aliphatic heterocycles. The van der Waals surface area contributed by atoms with Gasteiger partial charge in [0.05, 0.1) is 12.3 Å². The number of benzene rings is 1. The van der Waals surface area contributed by atoms with E-state index in [0.29, 0.717) is 17.9 Å². The van der Waals surface area contributed by atoms with Crippen molar-refractivity contribution in [1.82, 2.24) is 15.1 Å². The molecule has 26 heavy (non-hydrogen) atoms. The molecule has 0 radical (unpaired) electrons. The van der Waals surface area contributed by atoms with Gasteiger partial charge in [-0.15, -0.1) is 6.58 Å². The number of carbonyl (C=O) groups is 1. The van der Waals surface area contributed by atoms with Gasteiger partial charge in [-0.2, -0.15) is 5.10 Å². The Morgan fingerprint density at radius 2 is 2.19 bits per heavy atom.